The van der Waals surface area contributed by atoms with Crippen LogP contribution in [0.5, 0.6) is 0 Å². The molecule has 0 bridgehead atoms. The van der Waals surface area contributed by atoms with Gasteiger partial charge in [-0.2, -0.15) is 5.10 Å². The molecule has 0 fully saturated rings. The molecule has 1 aromatic carbocycles. The van der Waals surface area contributed by atoms with Crippen molar-refractivity contribution in [1.29, 1.82) is 0 Å². The number of halogens is 2. The van der Waals surface area contributed by atoms with Crippen LogP contribution in [0.15, 0.2) is 34.9 Å². The molecule has 0 aliphatic heterocycles. The van der Waals surface area contributed by atoms with Gasteiger partial charge >= 0.3 is 0 Å². The number of aryl methyl sites for hydroxylation is 2. The molecule has 0 aliphatic rings. The van der Waals surface area contributed by atoms with Crippen LogP contribution in [-0.2, 0) is 19.5 Å². The van der Waals surface area contributed by atoms with Gasteiger partial charge in [0.25, 0.3) is 0 Å². The van der Waals surface area contributed by atoms with E-state index in [0.717, 1.165) is 45.6 Å². The Hall–Kier alpha value is -1.26. The van der Waals surface area contributed by atoms with E-state index in [-0.39, 0.29) is 0 Å². The topological polar surface area (TPSA) is 22.8 Å². The molecule has 0 N–H and O–H groups in total. The summed E-state index contributed by atoms with van der Waals surface area (Å²) >= 11 is 9.95. The van der Waals surface area contributed by atoms with Crippen LogP contribution in [0, 0.1) is 0 Å². The molecular formula is C16H17BrClN3. The van der Waals surface area contributed by atoms with Gasteiger partial charge in [0.15, 0.2) is 0 Å². The Kier molecular flexibility index (Phi) is 4.09. The van der Waals surface area contributed by atoms with E-state index in [1.165, 1.54) is 5.69 Å². The Labute approximate surface area is 137 Å². The van der Waals surface area contributed by atoms with Crippen molar-refractivity contribution in [2.45, 2.75) is 33.4 Å². The molecule has 0 aliphatic carbocycles. The van der Waals surface area contributed by atoms with Crippen LogP contribution < -0.4 is 0 Å². The molecule has 0 saturated heterocycles. The predicted octanol–water partition coefficient (Wildman–Crippen LogP) is 4.88. The van der Waals surface area contributed by atoms with E-state index in [4.69, 9.17) is 11.6 Å². The van der Waals surface area contributed by atoms with Crippen molar-refractivity contribution < 1.29 is 0 Å². The summed E-state index contributed by atoms with van der Waals surface area (Å²) in [6.45, 7) is 5.90. The van der Waals surface area contributed by atoms with Gasteiger partial charge in [-0.15, -0.1) is 0 Å². The summed E-state index contributed by atoms with van der Waals surface area (Å²) in [5.74, 6) is 0. The lowest BCUT2D eigenvalue weighted by Crippen LogP contribution is -2.07. The number of hydrogen-bond donors (Lipinski definition) is 0. The summed E-state index contributed by atoms with van der Waals surface area (Å²) in [6, 6.07) is 8.09. The number of aromatic nitrogens is 3. The molecular weight excluding hydrogens is 350 g/mol. The minimum Gasteiger partial charge on any atom is -0.341 e. The SMILES string of the molecule is CCc1nn(CC)c(Cn2ccc3c(Cl)cccc32)c1Br. The van der Waals surface area contributed by atoms with Gasteiger partial charge in [-0.3, -0.25) is 4.68 Å². The minimum absolute atomic E-state index is 0.783. The fourth-order valence-corrected chi connectivity index (χ4v) is 3.58. The highest BCUT2D eigenvalue weighted by atomic mass is 79.9. The average molecular weight is 367 g/mol. The first-order valence-electron chi connectivity index (χ1n) is 7.13. The average Bonchev–Trinajstić information content (AvgIpc) is 3.03. The molecule has 0 saturated carbocycles. The van der Waals surface area contributed by atoms with Crippen molar-refractivity contribution in [3.63, 3.8) is 0 Å². The molecule has 0 radical (unpaired) electrons. The van der Waals surface area contributed by atoms with E-state index in [0.29, 0.717) is 0 Å². The molecule has 0 spiro atoms. The number of rotatable bonds is 4. The number of benzene rings is 1. The molecule has 3 rings (SSSR count). The van der Waals surface area contributed by atoms with Gasteiger partial charge in [0, 0.05) is 28.7 Å². The van der Waals surface area contributed by atoms with Crippen LogP contribution >= 0.6 is 27.5 Å². The van der Waals surface area contributed by atoms with Gasteiger partial charge in [0.05, 0.1) is 22.4 Å². The molecule has 2 heterocycles. The fraction of sp³-hybridized carbons (Fsp3) is 0.312. The van der Waals surface area contributed by atoms with E-state index in [9.17, 15) is 0 Å². The van der Waals surface area contributed by atoms with Gasteiger partial charge in [-0.05, 0) is 47.5 Å². The lowest BCUT2D eigenvalue weighted by molar-refractivity contribution is 0.598. The maximum atomic E-state index is 6.25. The quantitative estimate of drug-likeness (QED) is 0.645. The molecule has 3 aromatic rings. The maximum absolute atomic E-state index is 6.25. The first kappa shape index (κ1) is 14.7. The molecule has 110 valence electrons. The zero-order valence-corrected chi connectivity index (χ0v) is 14.4. The van der Waals surface area contributed by atoms with Crippen molar-refractivity contribution in [1.82, 2.24) is 14.3 Å². The molecule has 5 heteroatoms. The van der Waals surface area contributed by atoms with E-state index in [2.05, 4.69) is 62.5 Å². The Morgan fingerprint density at radius 1 is 1.24 bits per heavy atom. The second kappa shape index (κ2) is 5.85. The molecule has 0 unspecified atom stereocenters. The standard InChI is InChI=1S/C16H17BrClN3/c1-3-13-16(17)15(21(4-2)19-13)10-20-9-8-11-12(18)6-5-7-14(11)20/h5-9H,3-4,10H2,1-2H3. The summed E-state index contributed by atoms with van der Waals surface area (Å²) in [5, 5.41) is 6.54. The van der Waals surface area contributed by atoms with Gasteiger partial charge in [-0.25, -0.2) is 0 Å². The zero-order valence-electron chi connectivity index (χ0n) is 12.1. The molecule has 3 nitrogen and oxygen atoms in total. The fourth-order valence-electron chi connectivity index (χ4n) is 2.65. The third kappa shape index (κ3) is 2.51. The highest BCUT2D eigenvalue weighted by Gasteiger charge is 2.15. The van der Waals surface area contributed by atoms with Crippen LogP contribution in [-0.4, -0.2) is 14.3 Å². The Balaban J connectivity index is 2.07. The monoisotopic (exact) mass is 365 g/mol. The van der Waals surface area contributed by atoms with Gasteiger partial charge in [0.1, 0.15) is 0 Å². The molecule has 21 heavy (non-hydrogen) atoms. The number of fused-ring (bicyclic) bond motifs is 1. The minimum atomic E-state index is 0.783. The normalized spacial score (nSPS) is 11.4. The summed E-state index contributed by atoms with van der Waals surface area (Å²) in [6.07, 6.45) is 3.01. The lowest BCUT2D eigenvalue weighted by atomic mass is 10.2. The van der Waals surface area contributed by atoms with Crippen LogP contribution in [0.3, 0.4) is 0 Å². The predicted molar refractivity (Wildman–Crippen MR) is 91.0 cm³/mol. The lowest BCUT2D eigenvalue weighted by Gasteiger charge is -2.08. The Bertz CT molecular complexity index is 788. The third-order valence-electron chi connectivity index (χ3n) is 3.77. The Morgan fingerprint density at radius 2 is 2.05 bits per heavy atom. The summed E-state index contributed by atoms with van der Waals surface area (Å²) in [5.41, 5.74) is 3.46. The van der Waals surface area contributed by atoms with Crippen molar-refractivity contribution in [2.75, 3.05) is 0 Å². The van der Waals surface area contributed by atoms with E-state index in [1.54, 1.807) is 0 Å². The molecule has 0 atom stereocenters. The number of nitrogens with zero attached hydrogens (tertiary/aromatic N) is 3. The molecule has 0 amide bonds. The zero-order chi connectivity index (χ0) is 15.0. The third-order valence-corrected chi connectivity index (χ3v) is 5.02. The first-order chi connectivity index (χ1) is 10.2. The highest BCUT2D eigenvalue weighted by molar-refractivity contribution is 9.10. The number of hydrogen-bond acceptors (Lipinski definition) is 1. The van der Waals surface area contributed by atoms with Crippen LogP contribution in [0.1, 0.15) is 25.2 Å². The van der Waals surface area contributed by atoms with Gasteiger partial charge < -0.3 is 4.57 Å². The summed E-state index contributed by atoms with van der Waals surface area (Å²) in [4.78, 5) is 0. The Morgan fingerprint density at radius 3 is 2.76 bits per heavy atom. The maximum Gasteiger partial charge on any atom is 0.0767 e. The van der Waals surface area contributed by atoms with E-state index < -0.39 is 0 Å². The van der Waals surface area contributed by atoms with Gasteiger partial charge in [0.2, 0.25) is 0 Å². The second-order valence-electron chi connectivity index (χ2n) is 4.99. The van der Waals surface area contributed by atoms with Crippen molar-refractivity contribution in [3.05, 3.63) is 51.3 Å². The van der Waals surface area contributed by atoms with Crippen molar-refractivity contribution in [2.24, 2.45) is 0 Å². The molecule has 2 aromatic heterocycles. The van der Waals surface area contributed by atoms with Gasteiger partial charge in [-0.1, -0.05) is 24.6 Å². The first-order valence-corrected chi connectivity index (χ1v) is 8.30. The summed E-state index contributed by atoms with van der Waals surface area (Å²) in [7, 11) is 0. The van der Waals surface area contributed by atoms with E-state index in [1.807, 2.05) is 12.1 Å². The van der Waals surface area contributed by atoms with Crippen molar-refractivity contribution in [3.8, 4) is 0 Å². The van der Waals surface area contributed by atoms with Crippen molar-refractivity contribution >= 4 is 38.4 Å². The summed E-state index contributed by atoms with van der Waals surface area (Å²) < 4.78 is 5.41. The van der Waals surface area contributed by atoms with E-state index >= 15 is 0 Å². The largest absolute Gasteiger partial charge is 0.341 e. The highest BCUT2D eigenvalue weighted by Crippen LogP contribution is 2.27. The van der Waals surface area contributed by atoms with Crippen LogP contribution in [0.2, 0.25) is 5.02 Å². The second-order valence-corrected chi connectivity index (χ2v) is 6.19. The van der Waals surface area contributed by atoms with Crippen LogP contribution in [0.4, 0.5) is 0 Å². The smallest absolute Gasteiger partial charge is 0.0767 e. The van der Waals surface area contributed by atoms with Crippen LogP contribution in [0.25, 0.3) is 10.9 Å².